The third-order valence-electron chi connectivity index (χ3n) is 4.58. The molecule has 1 amide bonds. The summed E-state index contributed by atoms with van der Waals surface area (Å²) in [6.07, 6.45) is -0.677. The summed E-state index contributed by atoms with van der Waals surface area (Å²) in [6.45, 7) is 12.2. The van der Waals surface area contributed by atoms with Gasteiger partial charge in [-0.2, -0.15) is 0 Å². The lowest BCUT2D eigenvalue weighted by atomic mass is 9.86. The van der Waals surface area contributed by atoms with Crippen molar-refractivity contribution in [2.75, 3.05) is 26.2 Å². The number of nitrogens with one attached hydrogen (secondary N) is 3. The summed E-state index contributed by atoms with van der Waals surface area (Å²) in [6, 6.07) is 8.02. The molecule has 0 spiro atoms. The number of aliphatic imine (C=N–C) groups is 1. The quantitative estimate of drug-likeness (QED) is 0.172. The van der Waals surface area contributed by atoms with Crippen LogP contribution < -0.4 is 16.0 Å². The van der Waals surface area contributed by atoms with Gasteiger partial charge in [0.2, 0.25) is 0 Å². The van der Waals surface area contributed by atoms with Gasteiger partial charge in [-0.1, -0.05) is 45.0 Å². The maximum Gasteiger partial charge on any atom is 0.263 e. The molecule has 7 nitrogen and oxygen atoms in total. The molecule has 0 radical (unpaired) electrons. The highest BCUT2D eigenvalue weighted by atomic mass is 127. The van der Waals surface area contributed by atoms with Crippen LogP contribution in [0.1, 0.15) is 60.3 Å². The van der Waals surface area contributed by atoms with Crippen LogP contribution in [0.25, 0.3) is 0 Å². The standard InChI is InChI=1S/C22H33N5O2S.HI/c1-6-23-21(25-12-11-24-20(29)19-15(2)27-14-30-19)26-13-18(28)16-7-9-17(10-8-16)22(3,4)5;/h7-10,14,18,28H,6,11-13H2,1-5H3,(H,24,29)(H2,23,25,26);1H. The molecule has 0 aliphatic carbocycles. The highest BCUT2D eigenvalue weighted by Crippen LogP contribution is 2.24. The molecule has 172 valence electrons. The lowest BCUT2D eigenvalue weighted by molar-refractivity contribution is 0.0957. The second kappa shape index (κ2) is 13.0. The zero-order valence-electron chi connectivity index (χ0n) is 18.9. The number of aryl methyl sites for hydroxylation is 1. The Morgan fingerprint density at radius 3 is 2.35 bits per heavy atom. The molecule has 0 saturated heterocycles. The number of guanidine groups is 1. The lowest BCUT2D eigenvalue weighted by Gasteiger charge is -2.20. The molecular weight excluding hydrogens is 525 g/mol. The average molecular weight is 560 g/mol. The van der Waals surface area contributed by atoms with Crippen molar-refractivity contribution in [3.63, 3.8) is 0 Å². The molecule has 0 fully saturated rings. The SMILES string of the molecule is CCNC(=NCC(O)c1ccc(C(C)(C)C)cc1)NCCNC(=O)c1scnc1C.I. The molecule has 1 aromatic carbocycles. The van der Waals surface area contributed by atoms with Crippen molar-refractivity contribution in [3.8, 4) is 0 Å². The predicted octanol–water partition coefficient (Wildman–Crippen LogP) is 3.39. The van der Waals surface area contributed by atoms with Crippen LogP contribution in [0, 0.1) is 6.92 Å². The minimum Gasteiger partial charge on any atom is -0.386 e. The number of aromatic nitrogens is 1. The molecule has 2 rings (SSSR count). The first-order chi connectivity index (χ1) is 14.2. The molecule has 1 aromatic heterocycles. The highest BCUT2D eigenvalue weighted by molar-refractivity contribution is 14.0. The Hall–Kier alpha value is -1.72. The van der Waals surface area contributed by atoms with Crippen LogP contribution in [0.5, 0.6) is 0 Å². The van der Waals surface area contributed by atoms with Gasteiger partial charge in [-0.15, -0.1) is 35.3 Å². The predicted molar refractivity (Wildman–Crippen MR) is 139 cm³/mol. The smallest absolute Gasteiger partial charge is 0.263 e. The van der Waals surface area contributed by atoms with Crippen molar-refractivity contribution in [1.29, 1.82) is 0 Å². The van der Waals surface area contributed by atoms with Crippen LogP contribution in [-0.4, -0.2) is 48.1 Å². The number of carbonyl (C=O) groups excluding carboxylic acids is 1. The summed E-state index contributed by atoms with van der Waals surface area (Å²) in [4.78, 5) is 21.3. The van der Waals surface area contributed by atoms with Gasteiger partial charge < -0.3 is 21.1 Å². The minimum absolute atomic E-state index is 0. The number of nitrogens with zero attached hydrogens (tertiary/aromatic N) is 2. The van der Waals surface area contributed by atoms with E-state index >= 15 is 0 Å². The molecule has 4 N–H and O–H groups in total. The van der Waals surface area contributed by atoms with E-state index in [1.807, 2.05) is 26.0 Å². The number of halogens is 1. The van der Waals surface area contributed by atoms with E-state index in [0.717, 1.165) is 11.3 Å². The van der Waals surface area contributed by atoms with E-state index in [0.29, 0.717) is 30.5 Å². The number of rotatable bonds is 8. The Balaban J connectivity index is 0.00000480. The monoisotopic (exact) mass is 559 g/mol. The molecule has 9 heteroatoms. The van der Waals surface area contributed by atoms with Crippen LogP contribution in [-0.2, 0) is 5.41 Å². The lowest BCUT2D eigenvalue weighted by Crippen LogP contribution is -2.41. The van der Waals surface area contributed by atoms with Gasteiger partial charge >= 0.3 is 0 Å². The first-order valence-electron chi connectivity index (χ1n) is 10.2. The Bertz CT molecular complexity index is 846. The number of thiazole rings is 1. The molecule has 1 heterocycles. The summed E-state index contributed by atoms with van der Waals surface area (Å²) in [7, 11) is 0. The molecule has 0 saturated carbocycles. The molecule has 0 bridgehead atoms. The maximum atomic E-state index is 12.1. The summed E-state index contributed by atoms with van der Waals surface area (Å²) in [5, 5.41) is 19.7. The summed E-state index contributed by atoms with van der Waals surface area (Å²) < 4.78 is 0. The van der Waals surface area contributed by atoms with Crippen LogP contribution in [0.15, 0.2) is 34.8 Å². The number of aliphatic hydroxyl groups excluding tert-OH is 1. The number of hydrogen-bond acceptors (Lipinski definition) is 5. The number of carbonyl (C=O) groups is 1. The van der Waals surface area contributed by atoms with Gasteiger partial charge in [-0.05, 0) is 30.4 Å². The fraction of sp³-hybridized carbons (Fsp3) is 0.500. The number of benzene rings is 1. The fourth-order valence-corrected chi connectivity index (χ4v) is 3.51. The largest absolute Gasteiger partial charge is 0.386 e. The Labute approximate surface area is 206 Å². The first kappa shape index (κ1) is 27.3. The Kier molecular flexibility index (Phi) is 11.4. The van der Waals surface area contributed by atoms with Crippen LogP contribution >= 0.6 is 35.3 Å². The fourth-order valence-electron chi connectivity index (χ4n) is 2.79. The van der Waals surface area contributed by atoms with Gasteiger partial charge in [-0.25, -0.2) is 4.98 Å². The summed E-state index contributed by atoms with van der Waals surface area (Å²) in [5.41, 5.74) is 4.56. The topological polar surface area (TPSA) is 98.6 Å². The van der Waals surface area contributed by atoms with E-state index in [9.17, 15) is 9.90 Å². The van der Waals surface area contributed by atoms with Crippen molar-refractivity contribution >= 4 is 47.2 Å². The summed E-state index contributed by atoms with van der Waals surface area (Å²) >= 11 is 1.33. The molecule has 2 aromatic rings. The van der Waals surface area contributed by atoms with Gasteiger partial charge in [0.15, 0.2) is 5.96 Å². The normalized spacial score (nSPS) is 12.6. The van der Waals surface area contributed by atoms with Crippen LogP contribution in [0.2, 0.25) is 0 Å². The van der Waals surface area contributed by atoms with Gasteiger partial charge in [-0.3, -0.25) is 9.79 Å². The average Bonchev–Trinajstić information content (AvgIpc) is 3.14. The van der Waals surface area contributed by atoms with E-state index in [1.54, 1.807) is 5.51 Å². The molecular formula is C22H34IN5O2S. The van der Waals surface area contributed by atoms with E-state index < -0.39 is 6.10 Å². The Morgan fingerprint density at radius 1 is 1.16 bits per heavy atom. The minimum atomic E-state index is -0.677. The maximum absolute atomic E-state index is 12.1. The van der Waals surface area contributed by atoms with Crippen LogP contribution in [0.3, 0.4) is 0 Å². The number of hydrogen-bond donors (Lipinski definition) is 4. The van der Waals surface area contributed by atoms with Crippen molar-refractivity contribution < 1.29 is 9.90 Å². The number of amides is 1. The third kappa shape index (κ3) is 8.74. The van der Waals surface area contributed by atoms with Crippen LogP contribution in [0.4, 0.5) is 0 Å². The van der Waals surface area contributed by atoms with Crippen molar-refractivity contribution in [2.24, 2.45) is 4.99 Å². The third-order valence-corrected chi connectivity index (χ3v) is 5.51. The molecule has 0 aliphatic heterocycles. The van der Waals surface area contributed by atoms with Gasteiger partial charge in [0.05, 0.1) is 23.9 Å². The van der Waals surface area contributed by atoms with Gasteiger partial charge in [0.25, 0.3) is 5.91 Å². The van der Waals surface area contributed by atoms with Crippen molar-refractivity contribution in [3.05, 3.63) is 51.5 Å². The molecule has 1 atom stereocenters. The van der Waals surface area contributed by atoms with Gasteiger partial charge in [0, 0.05) is 19.6 Å². The second-order valence-electron chi connectivity index (χ2n) is 8.06. The van der Waals surface area contributed by atoms with Gasteiger partial charge in [0.1, 0.15) is 4.88 Å². The van der Waals surface area contributed by atoms with E-state index in [1.165, 1.54) is 16.9 Å². The highest BCUT2D eigenvalue weighted by Gasteiger charge is 2.15. The van der Waals surface area contributed by atoms with E-state index in [2.05, 4.69) is 58.8 Å². The number of aliphatic hydroxyl groups is 1. The molecule has 31 heavy (non-hydrogen) atoms. The van der Waals surface area contributed by atoms with Crippen molar-refractivity contribution in [2.45, 2.75) is 46.1 Å². The Morgan fingerprint density at radius 2 is 1.81 bits per heavy atom. The second-order valence-corrected chi connectivity index (χ2v) is 8.91. The zero-order chi connectivity index (χ0) is 22.1. The van der Waals surface area contributed by atoms with Crippen molar-refractivity contribution in [1.82, 2.24) is 20.9 Å². The van der Waals surface area contributed by atoms with E-state index in [4.69, 9.17) is 0 Å². The summed E-state index contributed by atoms with van der Waals surface area (Å²) in [5.74, 6) is 0.485. The zero-order valence-corrected chi connectivity index (χ0v) is 22.0. The molecule has 1 unspecified atom stereocenters. The first-order valence-corrected chi connectivity index (χ1v) is 11.1. The molecule has 0 aliphatic rings. The van der Waals surface area contributed by atoms with E-state index in [-0.39, 0.29) is 41.8 Å².